The molecule has 0 saturated carbocycles. The number of nitrogens with one attached hydrogen (secondary N) is 2. The predicted octanol–water partition coefficient (Wildman–Crippen LogP) is 4.90. The standard InChI is InChI=1S/C24H26N4OS/c1-16-23(17(2)28(27-16)21-11-13-22(29-3)14-12-21)18-9-10-20(15-18)26-24(30)25-19-7-5-4-6-8-19/h4-14,18,20H,15H2,1-3H3,(H2,25,26,30). The van der Waals surface area contributed by atoms with Crippen LogP contribution in [0.1, 0.15) is 29.3 Å². The van der Waals surface area contributed by atoms with Crippen molar-refractivity contribution in [3.63, 3.8) is 0 Å². The van der Waals surface area contributed by atoms with Crippen LogP contribution in [0.5, 0.6) is 5.75 Å². The van der Waals surface area contributed by atoms with Crippen molar-refractivity contribution in [1.82, 2.24) is 15.1 Å². The van der Waals surface area contributed by atoms with Crippen molar-refractivity contribution in [3.05, 3.63) is 83.7 Å². The Morgan fingerprint density at radius 3 is 2.50 bits per heavy atom. The smallest absolute Gasteiger partial charge is 0.171 e. The summed E-state index contributed by atoms with van der Waals surface area (Å²) in [6.07, 6.45) is 5.41. The summed E-state index contributed by atoms with van der Waals surface area (Å²) in [5.74, 6) is 1.15. The number of hydrogen-bond acceptors (Lipinski definition) is 3. The van der Waals surface area contributed by atoms with Crippen LogP contribution >= 0.6 is 12.2 Å². The normalized spacial score (nSPS) is 17.7. The van der Waals surface area contributed by atoms with Crippen LogP contribution in [0.4, 0.5) is 5.69 Å². The Morgan fingerprint density at radius 1 is 1.07 bits per heavy atom. The van der Waals surface area contributed by atoms with E-state index in [-0.39, 0.29) is 6.04 Å². The van der Waals surface area contributed by atoms with Gasteiger partial charge in [0, 0.05) is 28.9 Å². The minimum absolute atomic E-state index is 0.196. The van der Waals surface area contributed by atoms with Crippen molar-refractivity contribution in [2.24, 2.45) is 0 Å². The monoisotopic (exact) mass is 418 g/mol. The molecule has 30 heavy (non-hydrogen) atoms. The Bertz CT molecular complexity index is 1060. The largest absolute Gasteiger partial charge is 0.497 e. The van der Waals surface area contributed by atoms with Crippen molar-refractivity contribution in [2.75, 3.05) is 12.4 Å². The maximum atomic E-state index is 5.49. The lowest BCUT2D eigenvalue weighted by atomic mass is 9.96. The van der Waals surface area contributed by atoms with Gasteiger partial charge in [0.25, 0.3) is 0 Å². The molecule has 154 valence electrons. The Kier molecular flexibility index (Phi) is 5.86. The summed E-state index contributed by atoms with van der Waals surface area (Å²) < 4.78 is 7.28. The fraction of sp³-hybridized carbons (Fsp3) is 0.250. The number of allylic oxidation sites excluding steroid dienone is 1. The number of aromatic nitrogens is 2. The number of rotatable bonds is 5. The molecule has 0 amide bonds. The van der Waals surface area contributed by atoms with E-state index in [1.165, 1.54) is 5.56 Å². The molecular formula is C24H26N4OS. The van der Waals surface area contributed by atoms with E-state index in [1.807, 2.05) is 59.3 Å². The third kappa shape index (κ3) is 4.24. The first kappa shape index (κ1) is 20.2. The molecule has 4 rings (SSSR count). The highest BCUT2D eigenvalue weighted by atomic mass is 32.1. The molecule has 5 nitrogen and oxygen atoms in total. The number of anilines is 1. The number of ether oxygens (including phenoxy) is 1. The van der Waals surface area contributed by atoms with Crippen LogP contribution in [-0.4, -0.2) is 28.0 Å². The van der Waals surface area contributed by atoms with E-state index < -0.39 is 0 Å². The first-order valence-electron chi connectivity index (χ1n) is 10.1. The van der Waals surface area contributed by atoms with Crippen molar-refractivity contribution in [3.8, 4) is 11.4 Å². The Labute approximate surface area is 182 Å². The first-order chi connectivity index (χ1) is 14.5. The minimum atomic E-state index is 0.196. The summed E-state index contributed by atoms with van der Waals surface area (Å²) in [6.45, 7) is 4.22. The van der Waals surface area contributed by atoms with Gasteiger partial charge in [-0.1, -0.05) is 30.4 Å². The molecule has 2 unspecified atom stereocenters. The molecule has 1 aliphatic carbocycles. The van der Waals surface area contributed by atoms with Crippen LogP contribution in [0, 0.1) is 13.8 Å². The van der Waals surface area contributed by atoms with Crippen molar-refractivity contribution in [1.29, 1.82) is 0 Å². The topological polar surface area (TPSA) is 51.1 Å². The molecule has 2 aromatic carbocycles. The number of aryl methyl sites for hydroxylation is 1. The number of benzene rings is 2. The van der Waals surface area contributed by atoms with E-state index in [2.05, 4.69) is 36.6 Å². The van der Waals surface area contributed by atoms with Crippen molar-refractivity contribution in [2.45, 2.75) is 32.2 Å². The summed E-state index contributed by atoms with van der Waals surface area (Å²) in [5, 5.41) is 12.1. The van der Waals surface area contributed by atoms with Gasteiger partial charge in [-0.05, 0) is 68.9 Å². The van der Waals surface area contributed by atoms with Crippen LogP contribution in [0.2, 0.25) is 0 Å². The van der Waals surface area contributed by atoms with Crippen molar-refractivity contribution < 1.29 is 4.74 Å². The second kappa shape index (κ2) is 8.71. The number of thiocarbonyl (C=S) groups is 1. The van der Waals surface area contributed by atoms with Gasteiger partial charge in [-0.15, -0.1) is 0 Å². The minimum Gasteiger partial charge on any atom is -0.497 e. The number of methoxy groups -OCH3 is 1. The average Bonchev–Trinajstić information content (AvgIpc) is 3.32. The van der Waals surface area contributed by atoms with E-state index in [0.717, 1.165) is 34.9 Å². The zero-order valence-electron chi connectivity index (χ0n) is 17.4. The average molecular weight is 419 g/mol. The van der Waals surface area contributed by atoms with Gasteiger partial charge >= 0.3 is 0 Å². The molecule has 3 aromatic rings. The molecule has 2 N–H and O–H groups in total. The predicted molar refractivity (Wildman–Crippen MR) is 126 cm³/mol. The third-order valence-electron chi connectivity index (χ3n) is 5.47. The molecule has 1 heterocycles. The van der Waals surface area contributed by atoms with Gasteiger partial charge < -0.3 is 15.4 Å². The Hall–Kier alpha value is -3.12. The van der Waals surface area contributed by atoms with Gasteiger partial charge in [0.2, 0.25) is 0 Å². The van der Waals surface area contributed by atoms with Gasteiger partial charge in [0.1, 0.15) is 5.75 Å². The van der Waals surface area contributed by atoms with Gasteiger partial charge in [-0.25, -0.2) is 4.68 Å². The zero-order valence-corrected chi connectivity index (χ0v) is 18.2. The molecule has 1 aromatic heterocycles. The fourth-order valence-corrected chi connectivity index (χ4v) is 4.31. The molecule has 1 aliphatic rings. The van der Waals surface area contributed by atoms with E-state index >= 15 is 0 Å². The summed E-state index contributed by atoms with van der Waals surface area (Å²) in [5.41, 5.74) is 5.53. The van der Waals surface area contributed by atoms with Crippen LogP contribution in [0.25, 0.3) is 5.69 Å². The molecule has 0 radical (unpaired) electrons. The summed E-state index contributed by atoms with van der Waals surface area (Å²) >= 11 is 5.49. The highest BCUT2D eigenvalue weighted by Crippen LogP contribution is 2.34. The van der Waals surface area contributed by atoms with E-state index in [1.54, 1.807) is 7.11 Å². The highest BCUT2D eigenvalue weighted by Gasteiger charge is 2.26. The maximum Gasteiger partial charge on any atom is 0.171 e. The summed E-state index contributed by atoms with van der Waals surface area (Å²) in [4.78, 5) is 0. The van der Waals surface area contributed by atoms with E-state index in [4.69, 9.17) is 22.1 Å². The number of para-hydroxylation sites is 1. The molecule has 6 heteroatoms. The molecule has 0 saturated heterocycles. The van der Waals surface area contributed by atoms with Gasteiger partial charge in [0.15, 0.2) is 5.11 Å². The van der Waals surface area contributed by atoms with Crippen LogP contribution < -0.4 is 15.4 Å². The van der Waals surface area contributed by atoms with Crippen molar-refractivity contribution >= 4 is 23.0 Å². The molecule has 0 spiro atoms. The lowest BCUT2D eigenvalue weighted by Crippen LogP contribution is -2.35. The molecular weight excluding hydrogens is 392 g/mol. The quantitative estimate of drug-likeness (QED) is 0.456. The second-order valence-electron chi connectivity index (χ2n) is 7.49. The van der Waals surface area contributed by atoms with Crippen LogP contribution in [-0.2, 0) is 0 Å². The lowest BCUT2D eigenvalue weighted by molar-refractivity contribution is 0.414. The van der Waals surface area contributed by atoms with E-state index in [0.29, 0.717) is 11.0 Å². The van der Waals surface area contributed by atoms with E-state index in [9.17, 15) is 0 Å². The second-order valence-corrected chi connectivity index (χ2v) is 7.90. The maximum absolute atomic E-state index is 5.49. The van der Waals surface area contributed by atoms with Gasteiger partial charge in [0.05, 0.1) is 18.5 Å². The first-order valence-corrected chi connectivity index (χ1v) is 10.5. The third-order valence-corrected chi connectivity index (χ3v) is 5.69. The lowest BCUT2D eigenvalue weighted by Gasteiger charge is -2.17. The Balaban J connectivity index is 1.44. The number of hydrogen-bond donors (Lipinski definition) is 2. The van der Waals surface area contributed by atoms with Gasteiger partial charge in [-0.3, -0.25) is 0 Å². The van der Waals surface area contributed by atoms with Crippen LogP contribution in [0.3, 0.4) is 0 Å². The SMILES string of the molecule is COc1ccc(-n2nc(C)c(C3C=CC(NC(=S)Nc4ccccc4)C3)c2C)cc1. The molecule has 0 fully saturated rings. The zero-order chi connectivity index (χ0) is 21.1. The molecule has 2 atom stereocenters. The van der Waals surface area contributed by atoms with Gasteiger partial charge in [-0.2, -0.15) is 5.10 Å². The fourth-order valence-electron chi connectivity index (χ4n) is 4.04. The Morgan fingerprint density at radius 2 is 1.80 bits per heavy atom. The van der Waals surface area contributed by atoms with Crippen LogP contribution in [0.15, 0.2) is 66.7 Å². The highest BCUT2D eigenvalue weighted by molar-refractivity contribution is 7.80. The number of nitrogens with zero attached hydrogens (tertiary/aromatic N) is 2. The molecule has 0 aliphatic heterocycles. The summed E-state index contributed by atoms with van der Waals surface area (Å²) in [7, 11) is 1.67. The summed E-state index contributed by atoms with van der Waals surface area (Å²) in [6, 6.07) is 18.1. The molecule has 0 bridgehead atoms.